The van der Waals surface area contributed by atoms with Crippen molar-refractivity contribution < 1.29 is 0 Å². The van der Waals surface area contributed by atoms with E-state index < -0.39 is 0 Å². The fourth-order valence-corrected chi connectivity index (χ4v) is 9.86. The largest absolute Gasteiger partial charge is 0.310 e. The van der Waals surface area contributed by atoms with E-state index in [0.29, 0.717) is 5.56 Å². The van der Waals surface area contributed by atoms with Crippen molar-refractivity contribution in [2.75, 3.05) is 4.90 Å². The molecule has 0 saturated carbocycles. The summed E-state index contributed by atoms with van der Waals surface area (Å²) < 4.78 is 0. The van der Waals surface area contributed by atoms with Crippen molar-refractivity contribution in [1.82, 2.24) is 4.98 Å². The first-order chi connectivity index (χ1) is 32.2. The molecule has 0 fully saturated rings. The summed E-state index contributed by atoms with van der Waals surface area (Å²) in [6.45, 7) is 0. The van der Waals surface area contributed by atoms with E-state index in [0.717, 1.165) is 50.1 Å². The average molecular weight is 826 g/mol. The molecule has 1 aromatic heterocycles. The maximum absolute atomic E-state index is 9.59. The molecule has 12 rings (SSSR count). The lowest BCUT2D eigenvalue weighted by molar-refractivity contribution is 1.28. The molecule has 0 spiro atoms. The fraction of sp³-hybridized carbons (Fsp3) is 0. The lowest BCUT2D eigenvalue weighted by atomic mass is 9.83. The van der Waals surface area contributed by atoms with Crippen LogP contribution in [0.15, 0.2) is 237 Å². The molecule has 0 aliphatic carbocycles. The van der Waals surface area contributed by atoms with Gasteiger partial charge in [0.2, 0.25) is 0 Å². The molecule has 0 radical (unpaired) electrons. The number of hydrogen-bond acceptors (Lipinski definition) is 3. The van der Waals surface area contributed by atoms with Crippen molar-refractivity contribution in [1.29, 1.82) is 5.26 Å². The summed E-state index contributed by atoms with van der Waals surface area (Å²) >= 11 is 0. The van der Waals surface area contributed by atoms with E-state index in [2.05, 4.69) is 204 Å². The summed E-state index contributed by atoms with van der Waals surface area (Å²) in [5, 5.41) is 21.8. The Morgan fingerprint density at radius 3 is 1.43 bits per heavy atom. The van der Waals surface area contributed by atoms with Gasteiger partial charge in [0.1, 0.15) is 0 Å². The van der Waals surface area contributed by atoms with E-state index in [-0.39, 0.29) is 0 Å². The van der Waals surface area contributed by atoms with Gasteiger partial charge in [-0.3, -0.25) is 4.98 Å². The van der Waals surface area contributed by atoms with Crippen LogP contribution in [0.5, 0.6) is 0 Å². The van der Waals surface area contributed by atoms with Crippen LogP contribution in [0.25, 0.3) is 98.4 Å². The number of fused-ring (bicyclic) bond motifs is 5. The topological polar surface area (TPSA) is 39.9 Å². The molecular weight excluding hydrogens is 787 g/mol. The highest BCUT2D eigenvalue weighted by molar-refractivity contribution is 6.25. The monoisotopic (exact) mass is 825 g/mol. The first kappa shape index (κ1) is 37.9. The van der Waals surface area contributed by atoms with Gasteiger partial charge in [0.15, 0.2) is 0 Å². The van der Waals surface area contributed by atoms with Crippen molar-refractivity contribution in [2.24, 2.45) is 0 Å². The van der Waals surface area contributed by atoms with Crippen LogP contribution in [0.1, 0.15) is 5.56 Å². The lowest BCUT2D eigenvalue weighted by Gasteiger charge is -2.26. The molecular formula is C62H39N3. The molecule has 0 amide bonds. The van der Waals surface area contributed by atoms with Crippen LogP contribution in [0.4, 0.5) is 17.1 Å². The Labute approximate surface area is 377 Å². The van der Waals surface area contributed by atoms with Crippen LogP contribution in [-0.4, -0.2) is 4.98 Å². The molecule has 0 N–H and O–H groups in total. The summed E-state index contributed by atoms with van der Waals surface area (Å²) in [5.41, 5.74) is 13.2. The second-order valence-corrected chi connectivity index (χ2v) is 16.6. The number of anilines is 3. The van der Waals surface area contributed by atoms with Gasteiger partial charge in [0.05, 0.1) is 11.6 Å². The van der Waals surface area contributed by atoms with Gasteiger partial charge in [-0.15, -0.1) is 0 Å². The van der Waals surface area contributed by atoms with Crippen LogP contribution in [0.3, 0.4) is 0 Å². The Bertz CT molecular complexity index is 3820. The maximum Gasteiger partial charge on any atom is 0.0991 e. The number of rotatable bonds is 7. The van der Waals surface area contributed by atoms with Gasteiger partial charge >= 0.3 is 0 Å². The molecule has 0 aliphatic heterocycles. The maximum atomic E-state index is 9.59. The lowest BCUT2D eigenvalue weighted by Crippen LogP contribution is -2.09. The van der Waals surface area contributed by atoms with E-state index in [1.165, 1.54) is 65.3 Å². The number of nitriles is 1. The first-order valence-electron chi connectivity index (χ1n) is 22.0. The van der Waals surface area contributed by atoms with E-state index in [1.807, 2.05) is 48.8 Å². The second-order valence-electron chi connectivity index (χ2n) is 16.6. The van der Waals surface area contributed by atoms with Crippen LogP contribution >= 0.6 is 0 Å². The molecule has 11 aromatic carbocycles. The van der Waals surface area contributed by atoms with Crippen molar-refractivity contribution in [3.05, 3.63) is 242 Å². The van der Waals surface area contributed by atoms with Gasteiger partial charge in [-0.25, -0.2) is 0 Å². The minimum absolute atomic E-state index is 0.628. The zero-order valence-corrected chi connectivity index (χ0v) is 35.4. The molecule has 0 unspecified atom stereocenters. The average Bonchev–Trinajstić information content (AvgIpc) is 3.38. The Morgan fingerprint density at radius 1 is 0.323 bits per heavy atom. The van der Waals surface area contributed by atoms with E-state index in [9.17, 15) is 5.26 Å². The van der Waals surface area contributed by atoms with E-state index in [1.54, 1.807) is 0 Å². The predicted octanol–water partition coefficient (Wildman–Crippen LogP) is 16.9. The van der Waals surface area contributed by atoms with Crippen molar-refractivity contribution in [2.45, 2.75) is 0 Å². The quantitative estimate of drug-likeness (QED) is 0.150. The summed E-state index contributed by atoms with van der Waals surface area (Å²) in [4.78, 5) is 6.44. The Morgan fingerprint density at radius 2 is 0.785 bits per heavy atom. The minimum Gasteiger partial charge on any atom is -0.310 e. The van der Waals surface area contributed by atoms with Gasteiger partial charge in [-0.1, -0.05) is 152 Å². The zero-order valence-electron chi connectivity index (χ0n) is 35.4. The number of benzene rings is 11. The molecule has 302 valence electrons. The standard InChI is InChI=1S/C62H39N3/c63-40-41-19-27-50(28-20-41)65(51-29-23-42(24-30-51)43-33-35-64-36-34-43)52-31-25-47-37-46(21-22-48(47)38-52)49-26-32-59-60(39-49)62(56-18-8-12-45-10-2-4-14-54(45)56)58-16-6-5-15-57(58)61(59)55-17-7-11-44-9-1-3-13-53(44)55/h1-39H. The van der Waals surface area contributed by atoms with Crippen LogP contribution in [-0.2, 0) is 0 Å². The fourth-order valence-electron chi connectivity index (χ4n) is 9.86. The third-order valence-corrected chi connectivity index (χ3v) is 13.0. The number of nitrogens with zero attached hydrogens (tertiary/aromatic N) is 3. The van der Waals surface area contributed by atoms with E-state index in [4.69, 9.17) is 0 Å². The summed E-state index contributed by atoms with van der Waals surface area (Å²) in [5.74, 6) is 0. The van der Waals surface area contributed by atoms with Gasteiger partial charge in [0, 0.05) is 29.5 Å². The summed E-state index contributed by atoms with van der Waals surface area (Å²) in [6.07, 6.45) is 3.64. The highest BCUT2D eigenvalue weighted by Gasteiger charge is 2.20. The molecule has 0 aliphatic rings. The first-order valence-corrected chi connectivity index (χ1v) is 22.0. The molecule has 0 atom stereocenters. The number of hydrogen-bond donors (Lipinski definition) is 0. The SMILES string of the molecule is N#Cc1ccc(N(c2ccc(-c3ccncc3)cc2)c2ccc3cc(-c4ccc5c(-c6cccc7ccccc67)c6ccccc6c(-c6cccc7ccccc67)c5c4)ccc3c2)cc1. The molecule has 3 nitrogen and oxygen atoms in total. The molecule has 12 aromatic rings. The van der Waals surface area contributed by atoms with Gasteiger partial charge in [-0.05, 0) is 171 Å². The minimum atomic E-state index is 0.628. The molecule has 65 heavy (non-hydrogen) atoms. The summed E-state index contributed by atoms with van der Waals surface area (Å²) in [6, 6.07) is 83.1. The number of pyridine rings is 1. The van der Waals surface area contributed by atoms with Gasteiger partial charge < -0.3 is 4.90 Å². The smallest absolute Gasteiger partial charge is 0.0991 e. The van der Waals surface area contributed by atoms with Crippen molar-refractivity contribution >= 4 is 70.9 Å². The normalized spacial score (nSPS) is 11.4. The second kappa shape index (κ2) is 15.8. The van der Waals surface area contributed by atoms with Crippen LogP contribution in [0.2, 0.25) is 0 Å². The molecule has 0 bridgehead atoms. The Hall–Kier alpha value is -8.84. The molecule has 1 heterocycles. The van der Waals surface area contributed by atoms with E-state index >= 15 is 0 Å². The Balaban J connectivity index is 1.02. The third kappa shape index (κ3) is 6.65. The van der Waals surface area contributed by atoms with Crippen molar-refractivity contribution in [3.8, 4) is 50.6 Å². The predicted molar refractivity (Wildman–Crippen MR) is 273 cm³/mol. The molecule has 3 heteroatoms. The highest BCUT2D eigenvalue weighted by atomic mass is 15.1. The van der Waals surface area contributed by atoms with Gasteiger partial charge in [0.25, 0.3) is 0 Å². The van der Waals surface area contributed by atoms with Gasteiger partial charge in [-0.2, -0.15) is 5.26 Å². The number of aromatic nitrogens is 1. The molecule has 0 saturated heterocycles. The van der Waals surface area contributed by atoms with Crippen molar-refractivity contribution in [3.63, 3.8) is 0 Å². The van der Waals surface area contributed by atoms with Crippen LogP contribution < -0.4 is 4.90 Å². The summed E-state index contributed by atoms with van der Waals surface area (Å²) in [7, 11) is 0. The Kier molecular flexibility index (Phi) is 9.22. The van der Waals surface area contributed by atoms with Crippen LogP contribution in [0, 0.1) is 11.3 Å². The zero-order chi connectivity index (χ0) is 43.3. The third-order valence-electron chi connectivity index (χ3n) is 13.0. The highest BCUT2D eigenvalue weighted by Crippen LogP contribution is 2.48.